The Morgan fingerprint density at radius 2 is 1.74 bits per heavy atom. The van der Waals surface area contributed by atoms with Gasteiger partial charge in [0.1, 0.15) is 6.61 Å². The predicted octanol–water partition coefficient (Wildman–Crippen LogP) is 6.91. The van der Waals surface area contributed by atoms with Gasteiger partial charge < -0.3 is 9.47 Å². The number of aliphatic imine (C=N–C) groups is 1. The van der Waals surface area contributed by atoms with Gasteiger partial charge in [-0.25, -0.2) is 4.99 Å². The Kier molecular flexibility index (Phi) is 7.93. The van der Waals surface area contributed by atoms with E-state index in [1.807, 2.05) is 88.4 Å². The normalized spacial score (nSPS) is 15.8. The molecule has 1 aliphatic rings. The lowest BCUT2D eigenvalue weighted by atomic mass is 10.1. The molecule has 0 spiro atoms. The van der Waals surface area contributed by atoms with E-state index in [-0.39, 0.29) is 5.91 Å². The van der Waals surface area contributed by atoms with Crippen LogP contribution in [0.3, 0.4) is 0 Å². The molecular formula is C29H30N2O3S. The molecule has 4 rings (SSSR count). The average molecular weight is 487 g/mol. The standard InChI is InChI=1S/C29H30N2O3S/c1-5-31-28(32)27(35-29(31)30-24-16-20(3)12-13-21(24)4)18-23-14-15-25(26(17-23)33-6-2)34-19-22-10-8-7-9-11-22/h7-18H,5-6,19H2,1-4H3/b27-18+,30-29?. The Labute approximate surface area is 211 Å². The van der Waals surface area contributed by atoms with Crippen LogP contribution in [-0.2, 0) is 11.4 Å². The van der Waals surface area contributed by atoms with E-state index in [2.05, 4.69) is 12.1 Å². The first-order valence-electron chi connectivity index (χ1n) is 11.8. The van der Waals surface area contributed by atoms with E-state index < -0.39 is 0 Å². The number of amidine groups is 1. The lowest BCUT2D eigenvalue weighted by Gasteiger charge is -2.13. The van der Waals surface area contributed by atoms with Crippen molar-refractivity contribution in [1.29, 1.82) is 0 Å². The Hall–Kier alpha value is -3.51. The van der Waals surface area contributed by atoms with E-state index in [1.54, 1.807) is 4.90 Å². The van der Waals surface area contributed by atoms with Gasteiger partial charge >= 0.3 is 0 Å². The second-order valence-corrected chi connectivity index (χ2v) is 9.27. The molecule has 0 radical (unpaired) electrons. The van der Waals surface area contributed by atoms with Crippen molar-refractivity contribution in [3.63, 3.8) is 0 Å². The van der Waals surface area contributed by atoms with Gasteiger partial charge in [0.2, 0.25) is 0 Å². The molecule has 0 unspecified atom stereocenters. The molecule has 0 bridgehead atoms. The van der Waals surface area contributed by atoms with Crippen molar-refractivity contribution in [1.82, 2.24) is 4.90 Å². The van der Waals surface area contributed by atoms with Crippen LogP contribution in [0.15, 0.2) is 76.6 Å². The number of aryl methyl sites for hydroxylation is 2. The molecular weight excluding hydrogens is 456 g/mol. The van der Waals surface area contributed by atoms with Gasteiger partial charge in [-0.05, 0) is 86.0 Å². The maximum Gasteiger partial charge on any atom is 0.266 e. The van der Waals surface area contributed by atoms with Gasteiger partial charge in [-0.1, -0.05) is 48.5 Å². The molecule has 1 heterocycles. The van der Waals surface area contributed by atoms with Crippen LogP contribution < -0.4 is 9.47 Å². The molecule has 0 aromatic heterocycles. The van der Waals surface area contributed by atoms with Crippen molar-refractivity contribution in [2.24, 2.45) is 4.99 Å². The number of rotatable bonds is 8. The maximum absolute atomic E-state index is 13.1. The summed E-state index contributed by atoms with van der Waals surface area (Å²) in [6.07, 6.45) is 1.89. The molecule has 0 atom stereocenters. The summed E-state index contributed by atoms with van der Waals surface area (Å²) in [6.45, 7) is 9.52. The van der Waals surface area contributed by atoms with Crippen LogP contribution in [0.1, 0.15) is 36.1 Å². The first-order valence-corrected chi connectivity index (χ1v) is 12.6. The third-order valence-corrected chi connectivity index (χ3v) is 6.59. The fraction of sp³-hybridized carbons (Fsp3) is 0.241. The molecule has 0 saturated carbocycles. The number of carbonyl (C=O) groups is 1. The summed E-state index contributed by atoms with van der Waals surface area (Å²) in [5, 5.41) is 0.699. The predicted molar refractivity (Wildman–Crippen MR) is 144 cm³/mol. The number of benzene rings is 3. The highest BCUT2D eigenvalue weighted by atomic mass is 32.2. The fourth-order valence-electron chi connectivity index (χ4n) is 3.70. The van der Waals surface area contributed by atoms with Gasteiger partial charge in [-0.15, -0.1) is 0 Å². The molecule has 0 N–H and O–H groups in total. The van der Waals surface area contributed by atoms with Crippen LogP contribution in [0.4, 0.5) is 5.69 Å². The highest BCUT2D eigenvalue weighted by molar-refractivity contribution is 8.18. The van der Waals surface area contributed by atoms with E-state index in [9.17, 15) is 4.79 Å². The van der Waals surface area contributed by atoms with Crippen LogP contribution in [0, 0.1) is 13.8 Å². The molecule has 3 aromatic carbocycles. The molecule has 3 aromatic rings. The van der Waals surface area contributed by atoms with E-state index in [4.69, 9.17) is 14.5 Å². The SMILES string of the molecule is CCOc1cc(/C=C2/SC(=Nc3cc(C)ccc3C)N(CC)C2=O)ccc1OCc1ccccc1. The van der Waals surface area contributed by atoms with Gasteiger partial charge in [0.05, 0.1) is 17.2 Å². The molecule has 1 amide bonds. The topological polar surface area (TPSA) is 51.1 Å². The van der Waals surface area contributed by atoms with Crippen LogP contribution in [0.25, 0.3) is 6.08 Å². The fourth-order valence-corrected chi connectivity index (χ4v) is 4.76. The van der Waals surface area contributed by atoms with Crippen molar-refractivity contribution in [3.05, 3.63) is 93.9 Å². The Balaban J connectivity index is 1.59. The zero-order chi connectivity index (χ0) is 24.8. The highest BCUT2D eigenvalue weighted by Crippen LogP contribution is 2.36. The van der Waals surface area contributed by atoms with Crippen molar-refractivity contribution in [2.75, 3.05) is 13.2 Å². The monoisotopic (exact) mass is 486 g/mol. The maximum atomic E-state index is 13.1. The van der Waals surface area contributed by atoms with Crippen LogP contribution in [-0.4, -0.2) is 29.1 Å². The van der Waals surface area contributed by atoms with Gasteiger partial charge in [0, 0.05) is 6.54 Å². The number of thioether (sulfide) groups is 1. The zero-order valence-corrected chi connectivity index (χ0v) is 21.4. The number of hydrogen-bond acceptors (Lipinski definition) is 5. The minimum Gasteiger partial charge on any atom is -0.490 e. The first-order chi connectivity index (χ1) is 17.0. The minimum atomic E-state index is -0.0380. The van der Waals surface area contributed by atoms with E-state index >= 15 is 0 Å². The van der Waals surface area contributed by atoms with Crippen molar-refractivity contribution >= 4 is 34.6 Å². The molecule has 180 valence electrons. The highest BCUT2D eigenvalue weighted by Gasteiger charge is 2.32. The third-order valence-electron chi connectivity index (χ3n) is 5.59. The smallest absolute Gasteiger partial charge is 0.266 e. The summed E-state index contributed by atoms with van der Waals surface area (Å²) < 4.78 is 11.9. The lowest BCUT2D eigenvalue weighted by molar-refractivity contribution is -0.122. The van der Waals surface area contributed by atoms with Crippen LogP contribution in [0.2, 0.25) is 0 Å². The van der Waals surface area contributed by atoms with Crippen molar-refractivity contribution in [3.8, 4) is 11.5 Å². The van der Waals surface area contributed by atoms with Crippen molar-refractivity contribution < 1.29 is 14.3 Å². The zero-order valence-electron chi connectivity index (χ0n) is 20.6. The van der Waals surface area contributed by atoms with Crippen LogP contribution in [0.5, 0.6) is 11.5 Å². The third kappa shape index (κ3) is 5.95. The second-order valence-electron chi connectivity index (χ2n) is 8.26. The van der Waals surface area contributed by atoms with Gasteiger partial charge in [-0.3, -0.25) is 9.69 Å². The summed E-state index contributed by atoms with van der Waals surface area (Å²) in [7, 11) is 0. The Morgan fingerprint density at radius 1 is 0.943 bits per heavy atom. The number of carbonyl (C=O) groups excluding carboxylic acids is 1. The minimum absolute atomic E-state index is 0.0380. The van der Waals surface area contributed by atoms with Crippen molar-refractivity contribution in [2.45, 2.75) is 34.3 Å². The summed E-state index contributed by atoms with van der Waals surface area (Å²) in [5.41, 5.74) is 5.07. The summed E-state index contributed by atoms with van der Waals surface area (Å²) >= 11 is 1.40. The molecule has 5 nitrogen and oxygen atoms in total. The first kappa shape index (κ1) is 24.6. The molecule has 0 aliphatic carbocycles. The second kappa shape index (κ2) is 11.3. The van der Waals surface area contributed by atoms with Gasteiger partial charge in [0.15, 0.2) is 16.7 Å². The number of hydrogen-bond donors (Lipinski definition) is 0. The van der Waals surface area contributed by atoms with Gasteiger partial charge in [-0.2, -0.15) is 0 Å². The van der Waals surface area contributed by atoms with E-state index in [0.717, 1.165) is 27.9 Å². The largest absolute Gasteiger partial charge is 0.490 e. The molecule has 35 heavy (non-hydrogen) atoms. The van der Waals surface area contributed by atoms with E-state index in [1.165, 1.54) is 11.8 Å². The summed E-state index contributed by atoms with van der Waals surface area (Å²) in [4.78, 5) is 20.3. The number of nitrogens with zero attached hydrogens (tertiary/aromatic N) is 2. The summed E-state index contributed by atoms with van der Waals surface area (Å²) in [5.74, 6) is 1.30. The Morgan fingerprint density at radius 3 is 2.49 bits per heavy atom. The molecule has 6 heteroatoms. The lowest BCUT2D eigenvalue weighted by Crippen LogP contribution is -2.28. The number of likely N-dealkylation sites (N-methyl/N-ethyl adjacent to an activating group) is 1. The van der Waals surface area contributed by atoms with Crippen LogP contribution >= 0.6 is 11.8 Å². The van der Waals surface area contributed by atoms with Gasteiger partial charge in [0.25, 0.3) is 5.91 Å². The molecule has 1 aliphatic heterocycles. The van der Waals surface area contributed by atoms with E-state index in [0.29, 0.717) is 41.3 Å². The summed E-state index contributed by atoms with van der Waals surface area (Å²) in [6, 6.07) is 21.9. The quantitative estimate of drug-likeness (QED) is 0.325. The Bertz CT molecular complexity index is 1270. The molecule has 1 saturated heterocycles. The number of ether oxygens (including phenoxy) is 2. The average Bonchev–Trinajstić information content (AvgIpc) is 3.15. The molecule has 1 fully saturated rings. The number of amides is 1.